The predicted molar refractivity (Wildman–Crippen MR) is 160 cm³/mol. The van der Waals surface area contributed by atoms with E-state index in [4.69, 9.17) is 5.73 Å². The van der Waals surface area contributed by atoms with Gasteiger partial charge in [0.1, 0.15) is 5.75 Å². The first kappa shape index (κ1) is 30.6. The summed E-state index contributed by atoms with van der Waals surface area (Å²) in [6.45, 7) is 5.73. The second-order valence-electron chi connectivity index (χ2n) is 13.7. The summed E-state index contributed by atoms with van der Waals surface area (Å²) in [5, 5.41) is 23.4. The van der Waals surface area contributed by atoms with Crippen molar-refractivity contribution in [2.24, 2.45) is 29.4 Å². The van der Waals surface area contributed by atoms with Crippen molar-refractivity contribution in [2.75, 3.05) is 33.1 Å². The topological polar surface area (TPSA) is 158 Å². The van der Waals surface area contributed by atoms with Crippen LogP contribution in [0, 0.1) is 23.7 Å². The number of amides is 1. The van der Waals surface area contributed by atoms with Crippen LogP contribution >= 0.6 is 0 Å². The minimum absolute atomic E-state index is 0.00465. The molecular weight excluding hydrogens is 550 g/mol. The first-order chi connectivity index (χ1) is 19.9. The molecule has 0 heterocycles. The molecule has 10 heteroatoms. The van der Waals surface area contributed by atoms with Gasteiger partial charge in [-0.1, -0.05) is 32.9 Å². The summed E-state index contributed by atoms with van der Waals surface area (Å²) in [7, 11) is 7.00. The Hall–Kier alpha value is -3.89. The highest BCUT2D eigenvalue weighted by Gasteiger charge is 2.69. The van der Waals surface area contributed by atoms with Gasteiger partial charge in [0.25, 0.3) is 0 Å². The lowest BCUT2D eigenvalue weighted by molar-refractivity contribution is -0.181. The predicted octanol–water partition coefficient (Wildman–Crippen LogP) is 1.90. The van der Waals surface area contributed by atoms with Gasteiger partial charge in [-0.3, -0.25) is 28.9 Å². The monoisotopic (exact) mass is 589 g/mol. The van der Waals surface area contributed by atoms with Crippen LogP contribution in [0.1, 0.15) is 48.7 Å². The third kappa shape index (κ3) is 4.41. The van der Waals surface area contributed by atoms with E-state index in [1.54, 1.807) is 14.1 Å². The van der Waals surface area contributed by atoms with Crippen LogP contribution in [0.25, 0.3) is 11.1 Å². The second-order valence-corrected chi connectivity index (χ2v) is 13.7. The Labute approximate surface area is 250 Å². The van der Waals surface area contributed by atoms with E-state index in [2.05, 4.69) is 0 Å². The molecule has 2 saturated carbocycles. The Morgan fingerprint density at radius 3 is 2.12 bits per heavy atom. The molecule has 3 aliphatic carbocycles. The molecule has 1 amide bonds. The van der Waals surface area contributed by atoms with Crippen molar-refractivity contribution < 1.29 is 34.2 Å². The Bertz CT molecular complexity index is 1570. The molecule has 10 nitrogen and oxygen atoms in total. The third-order valence-electron chi connectivity index (χ3n) is 9.56. The minimum atomic E-state index is -2.75. The number of hydrogen-bond acceptors (Lipinski definition) is 9. The summed E-state index contributed by atoms with van der Waals surface area (Å²) in [4.78, 5) is 71.1. The molecule has 0 aromatic heterocycles. The maximum Gasteiger partial charge on any atom is 0.235 e. The van der Waals surface area contributed by atoms with Gasteiger partial charge in [0.15, 0.2) is 34.7 Å². The van der Waals surface area contributed by atoms with Gasteiger partial charge in [0, 0.05) is 31.3 Å². The van der Waals surface area contributed by atoms with Gasteiger partial charge in [0.2, 0.25) is 5.91 Å². The van der Waals surface area contributed by atoms with Gasteiger partial charge in [-0.05, 0) is 73.2 Å². The normalized spacial score (nSPS) is 28.8. The minimum Gasteiger partial charge on any atom is -0.507 e. The number of phenols is 1. The van der Waals surface area contributed by atoms with Crippen LogP contribution in [0.3, 0.4) is 0 Å². The van der Waals surface area contributed by atoms with E-state index in [9.17, 15) is 34.2 Å². The number of aromatic hydroxyl groups is 1. The Balaban J connectivity index is 1.71. The quantitative estimate of drug-likeness (QED) is 0.453. The van der Waals surface area contributed by atoms with Gasteiger partial charge in [0.05, 0.1) is 17.5 Å². The number of Topliss-reactive ketones (excluding diaryl/α,β-unsaturated/α-hetero) is 4. The molecule has 2 aromatic carbocycles. The maximum atomic E-state index is 14.3. The standard InChI is InChI=1S/C33H39N3O7/c1-32(2,3)21-14-18(15-8-10-17(11-9-15)35(4)5)19-12-16-13-20-25(36(6)7)28(39)24(31(34)42)30(41)33(20,43)29(40)22(16)27(38)23(19)26(21)37/h8-11,14,16,20,22,24-25,37,43H,12-13H2,1-7H3,(H2,34,42)/t16-,20-,22?,24?,25-,33-/m0/s1. The number of primary amides is 1. The fourth-order valence-electron chi connectivity index (χ4n) is 7.44. The number of hydrogen-bond donors (Lipinski definition) is 3. The summed E-state index contributed by atoms with van der Waals surface area (Å²) < 4.78 is 0. The molecule has 3 aliphatic rings. The SMILES string of the molecule is CN(C)c1ccc(-c2cc(C(C)(C)C)c(O)c3c2C[C@H]2C[C@H]4[C@H](N(C)C)C(=O)C(C(N)=O)C(=O)[C@@]4(O)C(=O)C2C3=O)cc1. The maximum absolute atomic E-state index is 14.3. The van der Waals surface area contributed by atoms with E-state index in [0.29, 0.717) is 11.1 Å². The first-order valence-corrected chi connectivity index (χ1v) is 14.4. The van der Waals surface area contributed by atoms with E-state index >= 15 is 0 Å². The van der Waals surface area contributed by atoms with E-state index in [1.165, 1.54) is 4.90 Å². The molecule has 5 rings (SSSR count). The molecule has 0 spiro atoms. The number of nitrogens with two attached hydrogens (primary N) is 1. The van der Waals surface area contributed by atoms with Gasteiger partial charge in [-0.2, -0.15) is 0 Å². The van der Waals surface area contributed by atoms with Crippen molar-refractivity contribution in [1.29, 1.82) is 0 Å². The van der Waals surface area contributed by atoms with Crippen molar-refractivity contribution in [3.63, 3.8) is 0 Å². The number of ketones is 4. The summed E-state index contributed by atoms with van der Waals surface area (Å²) in [6.07, 6.45) is 0.208. The van der Waals surface area contributed by atoms with E-state index in [-0.39, 0.29) is 24.2 Å². The number of nitrogens with zero attached hydrogens (tertiary/aromatic N) is 2. The fourth-order valence-corrected chi connectivity index (χ4v) is 7.44. The zero-order valence-electron chi connectivity index (χ0n) is 25.6. The zero-order chi connectivity index (χ0) is 31.9. The highest BCUT2D eigenvalue weighted by Crippen LogP contribution is 2.53. The van der Waals surface area contributed by atoms with Crippen LogP contribution in [0.2, 0.25) is 0 Å². The number of aliphatic hydroxyl groups is 1. The van der Waals surface area contributed by atoms with Crippen LogP contribution in [0.5, 0.6) is 5.75 Å². The number of phenolic OH excluding ortho intramolecular Hbond substituents is 1. The van der Waals surface area contributed by atoms with Gasteiger partial charge in [-0.15, -0.1) is 0 Å². The van der Waals surface area contributed by atoms with E-state index in [0.717, 1.165) is 16.8 Å². The van der Waals surface area contributed by atoms with Gasteiger partial charge in [-0.25, -0.2) is 0 Å². The Kier molecular flexibility index (Phi) is 7.17. The smallest absolute Gasteiger partial charge is 0.235 e. The van der Waals surface area contributed by atoms with Crippen molar-refractivity contribution in [3.8, 4) is 16.9 Å². The van der Waals surface area contributed by atoms with Crippen LogP contribution < -0.4 is 10.6 Å². The number of fused-ring (bicyclic) bond motifs is 3. The molecule has 2 fully saturated rings. The lowest BCUT2D eigenvalue weighted by Gasteiger charge is -2.52. The largest absolute Gasteiger partial charge is 0.507 e. The molecule has 0 aliphatic heterocycles. The molecule has 2 aromatic rings. The van der Waals surface area contributed by atoms with Crippen LogP contribution in [0.4, 0.5) is 5.69 Å². The average molecular weight is 590 g/mol. The van der Waals surface area contributed by atoms with Crippen molar-refractivity contribution in [2.45, 2.75) is 50.7 Å². The fraction of sp³-hybridized carbons (Fsp3) is 0.485. The summed E-state index contributed by atoms with van der Waals surface area (Å²) in [6, 6.07) is 8.55. The summed E-state index contributed by atoms with van der Waals surface area (Å²) in [5.41, 5.74) is 5.76. The summed E-state index contributed by atoms with van der Waals surface area (Å²) in [5.74, 6) is -10.5. The first-order valence-electron chi connectivity index (χ1n) is 14.4. The van der Waals surface area contributed by atoms with Crippen LogP contribution in [-0.4, -0.2) is 84.0 Å². The number of rotatable bonds is 4. The molecule has 0 radical (unpaired) electrons. The molecule has 228 valence electrons. The van der Waals surface area contributed by atoms with Gasteiger partial charge < -0.3 is 20.8 Å². The van der Waals surface area contributed by atoms with E-state index < -0.39 is 69.8 Å². The average Bonchev–Trinajstić information content (AvgIpc) is 2.90. The molecule has 6 atom stereocenters. The van der Waals surface area contributed by atoms with Crippen molar-refractivity contribution in [3.05, 3.63) is 47.0 Å². The van der Waals surface area contributed by atoms with Crippen molar-refractivity contribution >= 4 is 34.7 Å². The lowest BCUT2D eigenvalue weighted by atomic mass is 9.52. The second kappa shape index (κ2) is 10.1. The van der Waals surface area contributed by atoms with Gasteiger partial charge >= 0.3 is 0 Å². The highest BCUT2D eigenvalue weighted by atomic mass is 16.3. The van der Waals surface area contributed by atoms with Crippen LogP contribution in [0.15, 0.2) is 30.3 Å². The zero-order valence-corrected chi connectivity index (χ0v) is 25.6. The highest BCUT2D eigenvalue weighted by molar-refractivity contribution is 6.32. The van der Waals surface area contributed by atoms with E-state index in [1.807, 2.05) is 70.1 Å². The van der Waals surface area contributed by atoms with Crippen molar-refractivity contribution in [1.82, 2.24) is 4.90 Å². The number of anilines is 1. The molecule has 0 bridgehead atoms. The third-order valence-corrected chi connectivity index (χ3v) is 9.56. The molecule has 4 N–H and O–H groups in total. The number of carbonyl (C=O) groups excluding carboxylic acids is 5. The molecule has 2 unspecified atom stereocenters. The molecule has 43 heavy (non-hydrogen) atoms. The number of carbonyl (C=O) groups is 5. The number of likely N-dealkylation sites (N-methyl/N-ethyl adjacent to an activating group) is 1. The Morgan fingerprint density at radius 1 is 1.00 bits per heavy atom. The van der Waals surface area contributed by atoms with Crippen LogP contribution in [-0.2, 0) is 31.0 Å². The number of benzene rings is 2. The lowest BCUT2D eigenvalue weighted by Crippen LogP contribution is -2.74. The Morgan fingerprint density at radius 2 is 1.60 bits per heavy atom. The molecule has 0 saturated heterocycles. The molecular formula is C33H39N3O7. The summed E-state index contributed by atoms with van der Waals surface area (Å²) >= 11 is 0.